The summed E-state index contributed by atoms with van der Waals surface area (Å²) in [5, 5.41) is 14.1. The molecule has 0 bridgehead atoms. The molecule has 1 aliphatic rings. The van der Waals surface area contributed by atoms with Crippen molar-refractivity contribution in [3.63, 3.8) is 0 Å². The summed E-state index contributed by atoms with van der Waals surface area (Å²) >= 11 is 2.13. The third kappa shape index (κ3) is 3.32. The van der Waals surface area contributed by atoms with Gasteiger partial charge in [0, 0.05) is 33.5 Å². The van der Waals surface area contributed by atoms with Gasteiger partial charge in [0.2, 0.25) is 0 Å². The summed E-state index contributed by atoms with van der Waals surface area (Å²) in [6, 6.07) is 5.68. The quantitative estimate of drug-likeness (QED) is 0.493. The van der Waals surface area contributed by atoms with Gasteiger partial charge in [-0.1, -0.05) is 0 Å². The van der Waals surface area contributed by atoms with E-state index >= 15 is 0 Å². The molecule has 0 aliphatic heterocycles. The number of anilines is 1. The Bertz CT molecular complexity index is 445. The van der Waals surface area contributed by atoms with Crippen LogP contribution in [0.5, 0.6) is 0 Å². The second-order valence-electron chi connectivity index (χ2n) is 4.68. The Morgan fingerprint density at radius 1 is 1.33 bits per heavy atom. The fraction of sp³-hybridized carbons (Fsp3) is 0.500. The van der Waals surface area contributed by atoms with E-state index in [0.29, 0.717) is 12.1 Å². The SMILES string of the molecule is NC1CCC(Nc2ccc([N+](=O)[O-])cc2I)CC1. The van der Waals surface area contributed by atoms with Crippen molar-refractivity contribution in [2.75, 3.05) is 5.32 Å². The maximum absolute atomic E-state index is 10.7. The fourth-order valence-electron chi connectivity index (χ4n) is 2.22. The predicted octanol–water partition coefficient (Wildman–Crippen LogP) is 2.88. The number of rotatable bonds is 3. The first-order valence-electron chi connectivity index (χ1n) is 6.02. The van der Waals surface area contributed by atoms with Gasteiger partial charge in [-0.3, -0.25) is 10.1 Å². The highest BCUT2D eigenvalue weighted by Gasteiger charge is 2.19. The molecule has 0 amide bonds. The van der Waals surface area contributed by atoms with Crippen molar-refractivity contribution < 1.29 is 4.92 Å². The summed E-state index contributed by atoms with van der Waals surface area (Å²) in [4.78, 5) is 10.3. The van der Waals surface area contributed by atoms with E-state index in [1.165, 1.54) is 0 Å². The van der Waals surface area contributed by atoms with E-state index in [-0.39, 0.29) is 10.6 Å². The Labute approximate surface area is 119 Å². The molecule has 0 atom stereocenters. The molecule has 2 rings (SSSR count). The molecule has 18 heavy (non-hydrogen) atoms. The zero-order chi connectivity index (χ0) is 13.1. The van der Waals surface area contributed by atoms with Gasteiger partial charge in [0.25, 0.3) is 5.69 Å². The van der Waals surface area contributed by atoms with Gasteiger partial charge in [-0.25, -0.2) is 0 Å². The van der Waals surface area contributed by atoms with Gasteiger partial charge >= 0.3 is 0 Å². The van der Waals surface area contributed by atoms with E-state index in [1.807, 2.05) is 0 Å². The first kappa shape index (κ1) is 13.5. The third-order valence-corrected chi connectivity index (χ3v) is 4.19. The normalized spacial score (nSPS) is 23.7. The van der Waals surface area contributed by atoms with Crippen molar-refractivity contribution in [1.29, 1.82) is 0 Å². The molecule has 1 aliphatic carbocycles. The molecule has 1 aromatic rings. The lowest BCUT2D eigenvalue weighted by Gasteiger charge is -2.28. The van der Waals surface area contributed by atoms with Crippen LogP contribution in [0.3, 0.4) is 0 Å². The van der Waals surface area contributed by atoms with E-state index in [9.17, 15) is 10.1 Å². The van der Waals surface area contributed by atoms with Crippen molar-refractivity contribution in [2.24, 2.45) is 5.73 Å². The smallest absolute Gasteiger partial charge is 0.270 e. The van der Waals surface area contributed by atoms with Gasteiger partial charge in [0.15, 0.2) is 0 Å². The lowest BCUT2D eigenvalue weighted by atomic mass is 9.92. The van der Waals surface area contributed by atoms with Crippen LogP contribution < -0.4 is 11.1 Å². The molecular formula is C12H16IN3O2. The average molecular weight is 361 g/mol. The topological polar surface area (TPSA) is 81.2 Å². The summed E-state index contributed by atoms with van der Waals surface area (Å²) in [6.07, 6.45) is 4.21. The molecule has 0 aromatic heterocycles. The zero-order valence-corrected chi connectivity index (χ0v) is 12.1. The predicted molar refractivity (Wildman–Crippen MR) is 79.7 cm³/mol. The van der Waals surface area contributed by atoms with Gasteiger partial charge in [-0.15, -0.1) is 0 Å². The van der Waals surface area contributed by atoms with Crippen molar-refractivity contribution >= 4 is 34.0 Å². The number of nitro groups is 1. The molecule has 5 nitrogen and oxygen atoms in total. The van der Waals surface area contributed by atoms with Crippen LogP contribution in [0.15, 0.2) is 18.2 Å². The van der Waals surface area contributed by atoms with Crippen LogP contribution >= 0.6 is 22.6 Å². The highest BCUT2D eigenvalue weighted by atomic mass is 127. The van der Waals surface area contributed by atoms with Gasteiger partial charge in [-0.2, -0.15) is 0 Å². The largest absolute Gasteiger partial charge is 0.381 e. The standard InChI is InChI=1S/C12H16IN3O2/c13-11-7-10(16(17)18)5-6-12(11)15-9-3-1-8(14)2-4-9/h5-9,15H,1-4,14H2. The maximum Gasteiger partial charge on any atom is 0.270 e. The first-order valence-corrected chi connectivity index (χ1v) is 7.10. The summed E-state index contributed by atoms with van der Waals surface area (Å²) in [7, 11) is 0. The van der Waals surface area contributed by atoms with Crippen molar-refractivity contribution in [2.45, 2.75) is 37.8 Å². The number of non-ortho nitro benzene ring substituents is 1. The highest BCUT2D eigenvalue weighted by Crippen LogP contribution is 2.27. The third-order valence-electron chi connectivity index (χ3n) is 3.29. The first-order chi connectivity index (χ1) is 8.56. The molecule has 0 heterocycles. The van der Waals surface area contributed by atoms with Crippen LogP contribution in [0.25, 0.3) is 0 Å². The molecule has 6 heteroatoms. The molecule has 98 valence electrons. The number of nitrogens with two attached hydrogens (primary N) is 1. The van der Waals surface area contributed by atoms with Gasteiger partial charge < -0.3 is 11.1 Å². The van der Waals surface area contributed by atoms with Gasteiger partial charge in [-0.05, 0) is 54.3 Å². The van der Waals surface area contributed by atoms with Gasteiger partial charge in [0.05, 0.1) is 4.92 Å². The highest BCUT2D eigenvalue weighted by molar-refractivity contribution is 14.1. The molecule has 1 saturated carbocycles. The molecular weight excluding hydrogens is 345 g/mol. The molecule has 0 saturated heterocycles. The minimum atomic E-state index is -0.369. The lowest BCUT2D eigenvalue weighted by Crippen LogP contribution is -2.32. The average Bonchev–Trinajstić information content (AvgIpc) is 2.34. The molecule has 0 spiro atoms. The Kier molecular flexibility index (Phi) is 4.39. The molecule has 3 N–H and O–H groups in total. The van der Waals surface area contributed by atoms with Crippen LogP contribution in [0.1, 0.15) is 25.7 Å². The Morgan fingerprint density at radius 2 is 2.00 bits per heavy atom. The van der Waals surface area contributed by atoms with Crippen LogP contribution in [-0.2, 0) is 0 Å². The number of hydrogen-bond acceptors (Lipinski definition) is 4. The number of benzene rings is 1. The summed E-state index contributed by atoms with van der Waals surface area (Å²) in [5.74, 6) is 0. The molecule has 1 aromatic carbocycles. The van der Waals surface area contributed by atoms with Crippen LogP contribution in [-0.4, -0.2) is 17.0 Å². The van der Waals surface area contributed by atoms with E-state index in [0.717, 1.165) is 34.9 Å². The van der Waals surface area contributed by atoms with Crippen molar-refractivity contribution in [3.05, 3.63) is 31.9 Å². The van der Waals surface area contributed by atoms with E-state index in [2.05, 4.69) is 27.9 Å². The summed E-state index contributed by atoms with van der Waals surface area (Å²) in [6.45, 7) is 0. The Morgan fingerprint density at radius 3 is 2.56 bits per heavy atom. The Hall–Kier alpha value is -0.890. The zero-order valence-electron chi connectivity index (χ0n) is 9.93. The van der Waals surface area contributed by atoms with Crippen LogP contribution in [0.4, 0.5) is 11.4 Å². The molecule has 0 unspecified atom stereocenters. The van der Waals surface area contributed by atoms with E-state index in [4.69, 9.17) is 5.73 Å². The van der Waals surface area contributed by atoms with Crippen molar-refractivity contribution in [1.82, 2.24) is 0 Å². The maximum atomic E-state index is 10.7. The number of halogens is 1. The summed E-state index contributed by atoms with van der Waals surface area (Å²) < 4.78 is 0.886. The minimum absolute atomic E-state index is 0.135. The van der Waals surface area contributed by atoms with Crippen molar-refractivity contribution in [3.8, 4) is 0 Å². The number of nitrogens with one attached hydrogen (secondary N) is 1. The number of nitrogens with zero attached hydrogens (tertiary/aromatic N) is 1. The second-order valence-corrected chi connectivity index (χ2v) is 5.84. The Balaban J connectivity index is 2.03. The molecule has 1 fully saturated rings. The number of hydrogen-bond donors (Lipinski definition) is 2. The van der Waals surface area contributed by atoms with Gasteiger partial charge in [0.1, 0.15) is 0 Å². The summed E-state index contributed by atoms with van der Waals surface area (Å²) in [5.41, 5.74) is 6.98. The lowest BCUT2D eigenvalue weighted by molar-refractivity contribution is -0.384. The number of nitro benzene ring substituents is 1. The molecule has 0 radical (unpaired) electrons. The second kappa shape index (κ2) is 5.83. The van der Waals surface area contributed by atoms with Crippen LogP contribution in [0, 0.1) is 13.7 Å². The monoisotopic (exact) mass is 361 g/mol. The van der Waals surface area contributed by atoms with E-state index < -0.39 is 0 Å². The minimum Gasteiger partial charge on any atom is -0.381 e. The van der Waals surface area contributed by atoms with E-state index in [1.54, 1.807) is 18.2 Å². The van der Waals surface area contributed by atoms with Crippen LogP contribution in [0.2, 0.25) is 0 Å². The fourth-order valence-corrected chi connectivity index (χ4v) is 2.87.